The summed E-state index contributed by atoms with van der Waals surface area (Å²) in [5, 5.41) is 1.96. The van der Waals surface area contributed by atoms with Gasteiger partial charge in [0.2, 0.25) is 0 Å². The number of carbonyl (C=O) groups is 1. The monoisotopic (exact) mass is 347 g/mol. The number of amides is 1. The number of fused-ring (bicyclic) bond motifs is 1. The molecule has 1 saturated heterocycles. The summed E-state index contributed by atoms with van der Waals surface area (Å²) in [6, 6.07) is 11.2. The van der Waals surface area contributed by atoms with Crippen LogP contribution in [0.4, 0.5) is 0 Å². The molecule has 128 valence electrons. The van der Waals surface area contributed by atoms with Gasteiger partial charge in [-0.1, -0.05) is 24.3 Å². The molecule has 2 aromatic rings. The molecule has 0 aromatic heterocycles. The van der Waals surface area contributed by atoms with E-state index in [9.17, 15) is 13.2 Å². The summed E-state index contributed by atoms with van der Waals surface area (Å²) in [5.74, 6) is 0.512. The van der Waals surface area contributed by atoms with Crippen LogP contribution in [0.25, 0.3) is 10.8 Å². The van der Waals surface area contributed by atoms with E-state index in [1.807, 2.05) is 43.3 Å². The van der Waals surface area contributed by atoms with E-state index in [0.29, 0.717) is 24.3 Å². The topological polar surface area (TPSA) is 63.7 Å². The fraction of sp³-hybridized carbons (Fsp3) is 0.389. The summed E-state index contributed by atoms with van der Waals surface area (Å²) in [5.41, 5.74) is 0.474. The smallest absolute Gasteiger partial charge is 0.257 e. The summed E-state index contributed by atoms with van der Waals surface area (Å²) >= 11 is 0. The number of hydrogen-bond donors (Lipinski definition) is 0. The second kappa shape index (κ2) is 6.43. The van der Waals surface area contributed by atoms with Gasteiger partial charge in [0.1, 0.15) is 5.75 Å². The molecule has 5 nitrogen and oxygen atoms in total. The molecule has 1 heterocycles. The highest BCUT2D eigenvalue weighted by molar-refractivity contribution is 7.91. The van der Waals surface area contributed by atoms with Gasteiger partial charge in [-0.3, -0.25) is 4.79 Å². The lowest BCUT2D eigenvalue weighted by Crippen LogP contribution is -2.38. The van der Waals surface area contributed by atoms with E-state index >= 15 is 0 Å². The molecule has 0 unspecified atom stereocenters. The van der Waals surface area contributed by atoms with Crippen LogP contribution < -0.4 is 4.74 Å². The average molecular weight is 347 g/mol. The van der Waals surface area contributed by atoms with Crippen molar-refractivity contribution in [3.63, 3.8) is 0 Å². The first kappa shape index (κ1) is 16.8. The lowest BCUT2D eigenvalue weighted by Gasteiger charge is -2.24. The van der Waals surface area contributed by atoms with Gasteiger partial charge < -0.3 is 9.64 Å². The Hall–Kier alpha value is -2.08. The van der Waals surface area contributed by atoms with Crippen molar-refractivity contribution in [2.24, 2.45) is 0 Å². The molecule has 6 heteroatoms. The third-order valence-corrected chi connectivity index (χ3v) is 6.20. The molecule has 3 rings (SSSR count). The van der Waals surface area contributed by atoms with Crippen LogP contribution >= 0.6 is 0 Å². The minimum Gasteiger partial charge on any atom is -0.493 e. The Morgan fingerprint density at radius 3 is 2.50 bits per heavy atom. The molecule has 1 aliphatic rings. The van der Waals surface area contributed by atoms with E-state index < -0.39 is 9.84 Å². The fourth-order valence-electron chi connectivity index (χ4n) is 3.10. The highest BCUT2D eigenvalue weighted by Gasteiger charge is 2.33. The molecular formula is C18H21NO4S. The minimum absolute atomic E-state index is 0.0345. The number of ether oxygens (including phenoxy) is 1. The lowest BCUT2D eigenvalue weighted by atomic mass is 10.0. The summed E-state index contributed by atoms with van der Waals surface area (Å²) < 4.78 is 29.0. The van der Waals surface area contributed by atoms with Crippen LogP contribution in [0.1, 0.15) is 23.7 Å². The van der Waals surface area contributed by atoms with E-state index in [1.54, 1.807) is 7.05 Å². The van der Waals surface area contributed by atoms with Crippen molar-refractivity contribution in [3.05, 3.63) is 42.0 Å². The quantitative estimate of drug-likeness (QED) is 0.852. The number of carbonyl (C=O) groups excluding carboxylic acids is 1. The molecule has 0 radical (unpaired) electrons. The molecule has 24 heavy (non-hydrogen) atoms. The van der Waals surface area contributed by atoms with Gasteiger partial charge in [-0.05, 0) is 36.2 Å². The molecule has 0 aliphatic carbocycles. The van der Waals surface area contributed by atoms with Crippen molar-refractivity contribution in [2.75, 3.05) is 25.2 Å². The average Bonchev–Trinajstić information content (AvgIpc) is 2.93. The molecule has 0 N–H and O–H groups in total. The molecular weight excluding hydrogens is 326 g/mol. The van der Waals surface area contributed by atoms with Gasteiger partial charge in [0.05, 0.1) is 23.7 Å². The first-order chi connectivity index (χ1) is 11.4. The Morgan fingerprint density at radius 1 is 1.25 bits per heavy atom. The number of sulfone groups is 1. The number of nitrogens with zero attached hydrogens (tertiary/aromatic N) is 1. The van der Waals surface area contributed by atoms with E-state index in [2.05, 4.69) is 0 Å². The molecule has 2 aromatic carbocycles. The van der Waals surface area contributed by atoms with Gasteiger partial charge in [0.25, 0.3) is 5.91 Å². The summed E-state index contributed by atoms with van der Waals surface area (Å²) in [4.78, 5) is 14.5. The molecule has 1 atom stereocenters. The van der Waals surface area contributed by atoms with E-state index in [1.165, 1.54) is 4.90 Å². The van der Waals surface area contributed by atoms with Crippen molar-refractivity contribution in [3.8, 4) is 5.75 Å². The second-order valence-electron chi connectivity index (χ2n) is 6.10. The van der Waals surface area contributed by atoms with Crippen LogP contribution in [0.3, 0.4) is 0 Å². The Bertz CT molecular complexity index is 876. The van der Waals surface area contributed by atoms with Crippen LogP contribution in [0.5, 0.6) is 5.75 Å². The predicted octanol–water partition coefficient (Wildman–Crippen LogP) is 2.50. The van der Waals surface area contributed by atoms with Crippen LogP contribution in [0.2, 0.25) is 0 Å². The van der Waals surface area contributed by atoms with Gasteiger partial charge in [-0.25, -0.2) is 8.42 Å². The van der Waals surface area contributed by atoms with Gasteiger partial charge in [-0.15, -0.1) is 0 Å². The largest absolute Gasteiger partial charge is 0.493 e. The van der Waals surface area contributed by atoms with E-state index in [4.69, 9.17) is 4.74 Å². The molecule has 1 aliphatic heterocycles. The SMILES string of the molecule is CCOc1cc2ccccc2cc1C(=O)N(C)[C@H]1CCS(=O)(=O)C1. The predicted molar refractivity (Wildman–Crippen MR) is 94.3 cm³/mol. The lowest BCUT2D eigenvalue weighted by molar-refractivity contribution is 0.0743. The number of rotatable bonds is 4. The van der Waals surface area contributed by atoms with E-state index in [0.717, 1.165) is 10.8 Å². The fourth-order valence-corrected chi connectivity index (χ4v) is 4.87. The van der Waals surface area contributed by atoms with E-state index in [-0.39, 0.29) is 23.5 Å². The minimum atomic E-state index is -3.04. The Morgan fingerprint density at radius 2 is 1.92 bits per heavy atom. The highest BCUT2D eigenvalue weighted by atomic mass is 32.2. The molecule has 0 saturated carbocycles. The molecule has 0 bridgehead atoms. The maximum Gasteiger partial charge on any atom is 0.257 e. The zero-order chi connectivity index (χ0) is 17.3. The van der Waals surface area contributed by atoms with Gasteiger partial charge in [-0.2, -0.15) is 0 Å². The van der Waals surface area contributed by atoms with Crippen molar-refractivity contribution >= 4 is 26.5 Å². The molecule has 1 fully saturated rings. The highest BCUT2D eigenvalue weighted by Crippen LogP contribution is 2.28. The van der Waals surface area contributed by atoms with Crippen LogP contribution in [0, 0.1) is 0 Å². The van der Waals surface area contributed by atoms with Gasteiger partial charge >= 0.3 is 0 Å². The Labute approximate surface area is 142 Å². The standard InChI is InChI=1S/C18H21NO4S/c1-3-23-17-11-14-7-5-4-6-13(14)10-16(17)18(20)19(2)15-8-9-24(21,22)12-15/h4-7,10-11,15H,3,8-9,12H2,1-2H3/t15-/m0/s1. The maximum atomic E-state index is 12.9. The molecule has 0 spiro atoms. The zero-order valence-corrected chi connectivity index (χ0v) is 14.7. The van der Waals surface area contributed by atoms with Gasteiger partial charge in [0.15, 0.2) is 9.84 Å². The first-order valence-electron chi connectivity index (χ1n) is 8.04. The normalized spacial score (nSPS) is 19.3. The maximum absolute atomic E-state index is 12.9. The Balaban J connectivity index is 1.97. The van der Waals surface area contributed by atoms with Crippen molar-refractivity contribution in [1.29, 1.82) is 0 Å². The third-order valence-electron chi connectivity index (χ3n) is 4.45. The zero-order valence-electron chi connectivity index (χ0n) is 13.9. The first-order valence-corrected chi connectivity index (χ1v) is 9.86. The van der Waals surface area contributed by atoms with Crippen molar-refractivity contribution in [1.82, 2.24) is 4.90 Å². The number of hydrogen-bond acceptors (Lipinski definition) is 4. The van der Waals surface area contributed by atoms with Crippen LogP contribution in [0.15, 0.2) is 36.4 Å². The summed E-state index contributed by atoms with van der Waals surface area (Å²) in [6.45, 7) is 2.33. The third kappa shape index (κ3) is 3.24. The summed E-state index contributed by atoms with van der Waals surface area (Å²) in [7, 11) is -1.37. The Kier molecular flexibility index (Phi) is 4.49. The van der Waals surface area contributed by atoms with Crippen LogP contribution in [-0.4, -0.2) is 50.4 Å². The summed E-state index contributed by atoms with van der Waals surface area (Å²) in [6.07, 6.45) is 0.488. The second-order valence-corrected chi connectivity index (χ2v) is 8.33. The van der Waals surface area contributed by atoms with Crippen molar-refractivity contribution in [2.45, 2.75) is 19.4 Å². The van der Waals surface area contributed by atoms with Crippen molar-refractivity contribution < 1.29 is 17.9 Å². The van der Waals surface area contributed by atoms with Gasteiger partial charge in [0, 0.05) is 13.1 Å². The number of benzene rings is 2. The van der Waals surface area contributed by atoms with Crippen LogP contribution in [-0.2, 0) is 9.84 Å². The molecule has 1 amide bonds.